The summed E-state index contributed by atoms with van der Waals surface area (Å²) < 4.78 is 19.2. The van der Waals surface area contributed by atoms with Crippen LogP contribution in [0.5, 0.6) is 5.75 Å². The van der Waals surface area contributed by atoms with Gasteiger partial charge in [0, 0.05) is 12.1 Å². The Bertz CT molecular complexity index is 1110. The predicted octanol–water partition coefficient (Wildman–Crippen LogP) is 1.40. The van der Waals surface area contributed by atoms with E-state index in [0.29, 0.717) is 11.3 Å². The Morgan fingerprint density at radius 3 is 2.69 bits per heavy atom. The molecule has 0 aromatic heterocycles. The van der Waals surface area contributed by atoms with Crippen LogP contribution < -0.4 is 15.4 Å². The number of carbonyl (C=O) groups is 3. The van der Waals surface area contributed by atoms with E-state index >= 15 is 0 Å². The molecule has 2 aromatic carbocycles. The number of methoxy groups -OCH3 is 1. The van der Waals surface area contributed by atoms with Crippen LogP contribution >= 0.6 is 0 Å². The lowest BCUT2D eigenvalue weighted by atomic mass is 9.88. The fraction of sp³-hybridized carbons (Fsp3) is 0.200. The van der Waals surface area contributed by atoms with Crippen LogP contribution in [0.1, 0.15) is 27.0 Å². The number of nitriles is 1. The summed E-state index contributed by atoms with van der Waals surface area (Å²) in [5.41, 5.74) is -0.464. The Labute approximate surface area is 164 Å². The second-order valence-corrected chi connectivity index (χ2v) is 6.84. The molecule has 1 fully saturated rings. The van der Waals surface area contributed by atoms with Crippen LogP contribution in [-0.2, 0) is 16.9 Å². The van der Waals surface area contributed by atoms with E-state index in [1.165, 1.54) is 18.1 Å². The molecule has 1 saturated heterocycles. The van der Waals surface area contributed by atoms with Crippen LogP contribution in [-0.4, -0.2) is 36.4 Å². The third-order valence-corrected chi connectivity index (χ3v) is 5.09. The molecule has 2 heterocycles. The number of hydrogen-bond donors (Lipinski definition) is 2. The topological polar surface area (TPSA) is 112 Å². The summed E-state index contributed by atoms with van der Waals surface area (Å²) >= 11 is 0. The zero-order valence-corrected chi connectivity index (χ0v) is 15.3. The first-order valence-electron chi connectivity index (χ1n) is 8.67. The van der Waals surface area contributed by atoms with E-state index in [-0.39, 0.29) is 30.1 Å². The van der Waals surface area contributed by atoms with Crippen molar-refractivity contribution in [3.8, 4) is 11.8 Å². The maximum absolute atomic E-state index is 14.1. The van der Waals surface area contributed by atoms with Crippen molar-refractivity contribution >= 4 is 17.8 Å². The van der Waals surface area contributed by atoms with Crippen LogP contribution in [0.25, 0.3) is 0 Å². The van der Waals surface area contributed by atoms with Gasteiger partial charge in [-0.2, -0.15) is 5.26 Å². The molecule has 9 heteroatoms. The molecule has 0 unspecified atom stereocenters. The molecule has 1 atom stereocenters. The Morgan fingerprint density at radius 2 is 2.03 bits per heavy atom. The molecule has 2 aliphatic heterocycles. The zero-order chi connectivity index (χ0) is 20.8. The summed E-state index contributed by atoms with van der Waals surface area (Å²) in [6, 6.07) is 9.56. The number of urea groups is 1. The zero-order valence-electron chi connectivity index (χ0n) is 15.3. The minimum atomic E-state index is -1.72. The first-order valence-corrected chi connectivity index (χ1v) is 8.67. The van der Waals surface area contributed by atoms with E-state index in [1.54, 1.807) is 18.2 Å². The average molecular weight is 394 g/mol. The number of fused-ring (bicyclic) bond motifs is 1. The molecular weight excluding hydrogens is 379 g/mol. The SMILES string of the molecule is COc1ccc2c(c1)C(=O)N(C[C@@]1(c3cc(F)cc(C#N)c3)NC(=O)NC1=O)C2. The van der Waals surface area contributed by atoms with Crippen molar-refractivity contribution in [3.05, 3.63) is 64.5 Å². The molecule has 2 aliphatic rings. The van der Waals surface area contributed by atoms with Crippen molar-refractivity contribution in [3.63, 3.8) is 0 Å². The van der Waals surface area contributed by atoms with Crippen molar-refractivity contribution in [2.24, 2.45) is 0 Å². The number of carbonyl (C=O) groups excluding carboxylic acids is 3. The molecule has 2 aromatic rings. The predicted molar refractivity (Wildman–Crippen MR) is 97.2 cm³/mol. The monoisotopic (exact) mass is 394 g/mol. The van der Waals surface area contributed by atoms with Gasteiger partial charge in [-0.3, -0.25) is 14.9 Å². The van der Waals surface area contributed by atoms with E-state index in [9.17, 15) is 18.8 Å². The highest BCUT2D eigenvalue weighted by Crippen LogP contribution is 2.33. The van der Waals surface area contributed by atoms with E-state index in [1.807, 2.05) is 6.07 Å². The summed E-state index contributed by atoms with van der Waals surface area (Å²) in [6.07, 6.45) is 0. The Balaban J connectivity index is 1.75. The lowest BCUT2D eigenvalue weighted by Crippen LogP contribution is -2.52. The first-order chi connectivity index (χ1) is 13.9. The smallest absolute Gasteiger partial charge is 0.322 e. The maximum atomic E-state index is 14.1. The summed E-state index contributed by atoms with van der Waals surface area (Å²) in [7, 11) is 1.49. The minimum absolute atomic E-state index is 0.00547. The summed E-state index contributed by atoms with van der Waals surface area (Å²) in [5, 5.41) is 13.8. The number of amides is 4. The lowest BCUT2D eigenvalue weighted by Gasteiger charge is -2.31. The average Bonchev–Trinajstić information content (AvgIpc) is 3.17. The lowest BCUT2D eigenvalue weighted by molar-refractivity contribution is -0.124. The summed E-state index contributed by atoms with van der Waals surface area (Å²) in [4.78, 5) is 38.9. The van der Waals surface area contributed by atoms with Gasteiger partial charge in [-0.05, 0) is 41.5 Å². The molecule has 0 spiro atoms. The van der Waals surface area contributed by atoms with E-state index in [0.717, 1.165) is 17.7 Å². The van der Waals surface area contributed by atoms with Crippen molar-refractivity contribution in [2.45, 2.75) is 12.1 Å². The third kappa shape index (κ3) is 2.95. The van der Waals surface area contributed by atoms with Gasteiger partial charge < -0.3 is 15.0 Å². The van der Waals surface area contributed by atoms with Crippen molar-refractivity contribution in [1.82, 2.24) is 15.5 Å². The molecule has 2 N–H and O–H groups in total. The quantitative estimate of drug-likeness (QED) is 0.762. The fourth-order valence-corrected chi connectivity index (χ4v) is 3.68. The second-order valence-electron chi connectivity index (χ2n) is 6.84. The Hall–Kier alpha value is -3.93. The molecule has 4 rings (SSSR count). The van der Waals surface area contributed by atoms with E-state index < -0.39 is 23.3 Å². The van der Waals surface area contributed by atoms with Gasteiger partial charge in [0.1, 0.15) is 11.6 Å². The van der Waals surface area contributed by atoms with Gasteiger partial charge >= 0.3 is 6.03 Å². The summed E-state index contributed by atoms with van der Waals surface area (Å²) in [5.74, 6) is -1.28. The molecular formula is C20H15FN4O4. The maximum Gasteiger partial charge on any atom is 0.322 e. The number of ether oxygens (including phenoxy) is 1. The minimum Gasteiger partial charge on any atom is -0.497 e. The van der Waals surface area contributed by atoms with Crippen LogP contribution in [0.4, 0.5) is 9.18 Å². The van der Waals surface area contributed by atoms with Crippen LogP contribution in [0.15, 0.2) is 36.4 Å². The largest absolute Gasteiger partial charge is 0.497 e. The van der Waals surface area contributed by atoms with Gasteiger partial charge in [0.05, 0.1) is 25.3 Å². The highest BCUT2D eigenvalue weighted by molar-refractivity contribution is 6.08. The number of nitrogens with one attached hydrogen (secondary N) is 2. The van der Waals surface area contributed by atoms with Crippen molar-refractivity contribution in [1.29, 1.82) is 5.26 Å². The standard InChI is InChI=1S/C20H15FN4O4/c1-29-15-3-2-12-9-25(17(26)16(12)7-15)10-20(18(27)23-19(28)24-20)13-4-11(8-22)5-14(21)6-13/h2-7H,9-10H2,1H3,(H2,23,24,27,28)/t20-/m0/s1. The van der Waals surface area contributed by atoms with Gasteiger partial charge in [0.25, 0.3) is 11.8 Å². The third-order valence-electron chi connectivity index (χ3n) is 5.09. The Morgan fingerprint density at radius 1 is 1.24 bits per heavy atom. The van der Waals surface area contributed by atoms with Gasteiger partial charge in [0.2, 0.25) is 0 Å². The molecule has 146 valence electrons. The molecule has 8 nitrogen and oxygen atoms in total. The van der Waals surface area contributed by atoms with Crippen molar-refractivity contribution in [2.75, 3.05) is 13.7 Å². The molecule has 0 saturated carbocycles. The normalized spacial score (nSPS) is 20.2. The highest BCUT2D eigenvalue weighted by Gasteiger charge is 2.50. The first kappa shape index (κ1) is 18.4. The van der Waals surface area contributed by atoms with Gasteiger partial charge in [-0.15, -0.1) is 0 Å². The number of hydrogen-bond acceptors (Lipinski definition) is 5. The molecule has 0 aliphatic carbocycles. The summed E-state index contributed by atoms with van der Waals surface area (Å²) in [6.45, 7) is -0.0157. The molecule has 4 amide bonds. The molecule has 0 bridgehead atoms. The highest BCUT2D eigenvalue weighted by atomic mass is 19.1. The molecule has 29 heavy (non-hydrogen) atoms. The van der Waals surface area contributed by atoms with Crippen molar-refractivity contribution < 1.29 is 23.5 Å². The van der Waals surface area contributed by atoms with E-state index in [2.05, 4.69) is 10.6 Å². The number of imide groups is 1. The number of nitrogens with zero attached hydrogens (tertiary/aromatic N) is 2. The van der Waals surface area contributed by atoms with Gasteiger partial charge in [0.15, 0.2) is 5.54 Å². The second kappa shape index (κ2) is 6.60. The number of benzene rings is 2. The van der Waals surface area contributed by atoms with Crippen LogP contribution in [0.2, 0.25) is 0 Å². The Kier molecular flexibility index (Phi) is 4.19. The fourth-order valence-electron chi connectivity index (χ4n) is 3.68. The van der Waals surface area contributed by atoms with E-state index in [4.69, 9.17) is 10.00 Å². The van der Waals surface area contributed by atoms with Crippen LogP contribution in [0, 0.1) is 17.1 Å². The van der Waals surface area contributed by atoms with Gasteiger partial charge in [-0.1, -0.05) is 6.07 Å². The molecule has 0 radical (unpaired) electrons. The number of halogens is 1. The number of rotatable bonds is 4. The van der Waals surface area contributed by atoms with Gasteiger partial charge in [-0.25, -0.2) is 9.18 Å². The van der Waals surface area contributed by atoms with Crippen LogP contribution in [0.3, 0.4) is 0 Å².